The number of amides is 1. The van der Waals surface area contributed by atoms with Gasteiger partial charge in [0.1, 0.15) is 5.75 Å². The average Bonchev–Trinajstić information content (AvgIpc) is 3.12. The molecule has 2 aliphatic rings. The molecule has 4 atom stereocenters. The Morgan fingerprint density at radius 1 is 0.969 bits per heavy atom. The Kier molecular flexibility index (Phi) is 5.75. The van der Waals surface area contributed by atoms with E-state index in [9.17, 15) is 4.79 Å². The van der Waals surface area contributed by atoms with Crippen LogP contribution in [0.1, 0.15) is 35.1 Å². The van der Waals surface area contributed by atoms with E-state index in [-0.39, 0.29) is 29.7 Å². The van der Waals surface area contributed by atoms with Gasteiger partial charge in [0.25, 0.3) is 0 Å². The summed E-state index contributed by atoms with van der Waals surface area (Å²) in [5, 5.41) is 0.569. The molecule has 1 saturated heterocycles. The highest BCUT2D eigenvalue weighted by atomic mass is 35.5. The molecule has 0 aromatic heterocycles. The van der Waals surface area contributed by atoms with Crippen molar-refractivity contribution in [3.63, 3.8) is 0 Å². The number of hydrogen-bond donors (Lipinski definition) is 0. The number of carbonyl (C=O) groups is 1. The summed E-state index contributed by atoms with van der Waals surface area (Å²) in [6, 6.07) is 26.5. The van der Waals surface area contributed by atoms with E-state index in [4.69, 9.17) is 16.3 Å². The first kappa shape index (κ1) is 20.8. The van der Waals surface area contributed by atoms with Crippen LogP contribution < -0.4 is 4.74 Å². The summed E-state index contributed by atoms with van der Waals surface area (Å²) >= 11 is 6.51. The summed E-state index contributed by atoms with van der Waals surface area (Å²) in [5.74, 6) is 1.04. The molecule has 0 saturated carbocycles. The van der Waals surface area contributed by atoms with E-state index < -0.39 is 0 Å². The van der Waals surface area contributed by atoms with E-state index in [1.807, 2.05) is 42.5 Å². The van der Waals surface area contributed by atoms with Crippen LogP contribution in [0.5, 0.6) is 5.75 Å². The second-order valence-electron chi connectivity index (χ2n) is 8.57. The first-order valence-electron chi connectivity index (χ1n) is 11.1. The summed E-state index contributed by atoms with van der Waals surface area (Å²) in [6.45, 7) is 0.580. The Labute approximate surface area is 194 Å². The molecule has 4 heteroatoms. The van der Waals surface area contributed by atoms with Crippen LogP contribution in [0.15, 0.2) is 91.0 Å². The molecule has 0 unspecified atom stereocenters. The van der Waals surface area contributed by atoms with Crippen molar-refractivity contribution in [2.24, 2.45) is 11.8 Å². The maximum Gasteiger partial charge on any atom is 0.227 e. The zero-order valence-electron chi connectivity index (χ0n) is 18.0. The Morgan fingerprint density at radius 3 is 2.38 bits per heavy atom. The highest BCUT2D eigenvalue weighted by Gasteiger charge is 2.51. The lowest BCUT2D eigenvalue weighted by atomic mass is 9.71. The van der Waals surface area contributed by atoms with Crippen molar-refractivity contribution >= 4 is 17.5 Å². The van der Waals surface area contributed by atoms with Crippen molar-refractivity contribution in [3.05, 3.63) is 113 Å². The molecule has 1 aliphatic carbocycles. The van der Waals surface area contributed by atoms with Gasteiger partial charge in [-0.3, -0.25) is 4.79 Å². The molecule has 0 N–H and O–H groups in total. The largest absolute Gasteiger partial charge is 0.495 e. The third kappa shape index (κ3) is 3.71. The smallest absolute Gasteiger partial charge is 0.227 e. The van der Waals surface area contributed by atoms with Crippen molar-refractivity contribution < 1.29 is 9.53 Å². The van der Waals surface area contributed by atoms with E-state index in [1.165, 1.54) is 5.56 Å². The maximum absolute atomic E-state index is 14.0. The molecule has 0 bridgehead atoms. The minimum absolute atomic E-state index is 0.0705. The van der Waals surface area contributed by atoms with E-state index in [2.05, 4.69) is 53.5 Å². The third-order valence-corrected chi connectivity index (χ3v) is 7.10. The lowest BCUT2D eigenvalue weighted by molar-refractivity contribution is -0.133. The number of methoxy groups -OCH3 is 1. The van der Waals surface area contributed by atoms with Crippen molar-refractivity contribution in [2.45, 2.75) is 24.9 Å². The number of carbonyl (C=O) groups excluding carboxylic acids is 1. The van der Waals surface area contributed by atoms with Gasteiger partial charge in [0, 0.05) is 12.5 Å². The van der Waals surface area contributed by atoms with E-state index >= 15 is 0 Å². The number of allylic oxidation sites excluding steroid dienone is 1. The summed E-state index contributed by atoms with van der Waals surface area (Å²) in [5.41, 5.74) is 3.41. The number of nitrogens with zero attached hydrogens (tertiary/aromatic N) is 1. The van der Waals surface area contributed by atoms with Crippen LogP contribution in [-0.4, -0.2) is 17.9 Å². The molecule has 3 aromatic carbocycles. The molecule has 0 radical (unpaired) electrons. The van der Waals surface area contributed by atoms with Gasteiger partial charge in [0.15, 0.2) is 0 Å². The molecule has 5 rings (SSSR count). The van der Waals surface area contributed by atoms with Crippen molar-refractivity contribution in [2.75, 3.05) is 7.11 Å². The van der Waals surface area contributed by atoms with Gasteiger partial charge in [0.2, 0.25) is 5.91 Å². The maximum atomic E-state index is 14.0. The van der Waals surface area contributed by atoms with E-state index in [0.29, 0.717) is 17.3 Å². The SMILES string of the molecule is COc1ccc([C@H]2[C@@H]3C=CC[C@H](c4ccccc4)[C@H]3C(=O)N2Cc2ccccc2)cc1Cl. The molecule has 3 aromatic rings. The Balaban J connectivity index is 1.58. The van der Waals surface area contributed by atoms with Crippen molar-refractivity contribution in [3.8, 4) is 5.75 Å². The monoisotopic (exact) mass is 443 g/mol. The Hall–Kier alpha value is -3.04. The van der Waals surface area contributed by atoms with Gasteiger partial charge in [-0.25, -0.2) is 0 Å². The highest BCUT2D eigenvalue weighted by molar-refractivity contribution is 6.32. The quantitative estimate of drug-likeness (QED) is 0.426. The lowest BCUT2D eigenvalue weighted by Crippen LogP contribution is -2.30. The van der Waals surface area contributed by atoms with Crippen LogP contribution in [0.3, 0.4) is 0 Å². The molecule has 0 spiro atoms. The van der Waals surface area contributed by atoms with Gasteiger partial charge >= 0.3 is 0 Å². The minimum Gasteiger partial charge on any atom is -0.495 e. The summed E-state index contributed by atoms with van der Waals surface area (Å²) < 4.78 is 5.36. The fraction of sp³-hybridized carbons (Fsp3) is 0.250. The van der Waals surface area contributed by atoms with Gasteiger partial charge in [-0.15, -0.1) is 0 Å². The summed E-state index contributed by atoms with van der Waals surface area (Å²) in [7, 11) is 1.62. The molecule has 1 fully saturated rings. The van der Waals surface area contributed by atoms with Crippen molar-refractivity contribution in [1.29, 1.82) is 0 Å². The fourth-order valence-corrected chi connectivity index (χ4v) is 5.63. The molecule has 162 valence electrons. The molecule has 3 nitrogen and oxygen atoms in total. The molecular weight excluding hydrogens is 418 g/mol. The standard InChI is InChI=1S/C28H26ClNO2/c1-32-25-16-15-21(17-24(25)29)27-23-14-8-13-22(20-11-6-3-7-12-20)26(23)28(31)30(27)18-19-9-4-2-5-10-19/h2-12,14-17,22-23,26-27H,13,18H2,1H3/t22-,23-,26-,27+/m1/s1. The summed E-state index contributed by atoms with van der Waals surface area (Å²) in [4.78, 5) is 16.0. The van der Waals surface area contributed by atoms with Crippen LogP contribution in [0.25, 0.3) is 0 Å². The van der Waals surface area contributed by atoms with Crippen LogP contribution in [0.2, 0.25) is 5.02 Å². The number of halogens is 1. The van der Waals surface area contributed by atoms with Gasteiger partial charge in [0.05, 0.1) is 24.1 Å². The third-order valence-electron chi connectivity index (χ3n) is 6.81. The zero-order valence-corrected chi connectivity index (χ0v) is 18.8. The Morgan fingerprint density at radius 2 is 1.69 bits per heavy atom. The minimum atomic E-state index is -0.0861. The molecule has 1 amide bonds. The number of ether oxygens (including phenoxy) is 1. The van der Waals surface area contributed by atoms with Crippen LogP contribution in [-0.2, 0) is 11.3 Å². The van der Waals surface area contributed by atoms with E-state index in [1.54, 1.807) is 7.11 Å². The average molecular weight is 444 g/mol. The van der Waals surface area contributed by atoms with Gasteiger partial charge in [-0.1, -0.05) is 90.5 Å². The topological polar surface area (TPSA) is 29.5 Å². The summed E-state index contributed by atoms with van der Waals surface area (Å²) in [6.07, 6.45) is 5.37. The molecular formula is C28H26ClNO2. The zero-order chi connectivity index (χ0) is 22.1. The van der Waals surface area contributed by atoms with Gasteiger partial charge in [-0.2, -0.15) is 0 Å². The second-order valence-corrected chi connectivity index (χ2v) is 8.98. The first-order chi connectivity index (χ1) is 15.7. The number of likely N-dealkylation sites (tertiary alicyclic amines) is 1. The molecule has 32 heavy (non-hydrogen) atoms. The number of hydrogen-bond acceptors (Lipinski definition) is 2. The number of benzene rings is 3. The molecule has 1 heterocycles. The van der Waals surface area contributed by atoms with Crippen LogP contribution in [0, 0.1) is 11.8 Å². The van der Waals surface area contributed by atoms with E-state index in [0.717, 1.165) is 17.5 Å². The number of fused-ring (bicyclic) bond motifs is 1. The predicted octanol–water partition coefficient (Wildman–Crippen LogP) is 6.41. The van der Waals surface area contributed by atoms with Crippen molar-refractivity contribution in [1.82, 2.24) is 4.90 Å². The van der Waals surface area contributed by atoms with Crippen LogP contribution in [0.4, 0.5) is 0 Å². The van der Waals surface area contributed by atoms with Gasteiger partial charge < -0.3 is 9.64 Å². The van der Waals surface area contributed by atoms with Crippen LogP contribution >= 0.6 is 11.6 Å². The Bertz CT molecular complexity index is 1130. The van der Waals surface area contributed by atoms with Gasteiger partial charge in [-0.05, 0) is 41.2 Å². The fourth-order valence-electron chi connectivity index (χ4n) is 5.36. The second kappa shape index (κ2) is 8.84. The highest BCUT2D eigenvalue weighted by Crippen LogP contribution is 2.52. The normalized spacial score (nSPS) is 24.4. The predicted molar refractivity (Wildman–Crippen MR) is 128 cm³/mol. The molecule has 1 aliphatic heterocycles. The first-order valence-corrected chi connectivity index (χ1v) is 11.4. The lowest BCUT2D eigenvalue weighted by Gasteiger charge is -2.31. The number of rotatable bonds is 5.